The van der Waals surface area contributed by atoms with E-state index in [1.807, 2.05) is 30.5 Å². The zero-order chi connectivity index (χ0) is 16.4. The van der Waals surface area contributed by atoms with Gasteiger partial charge in [-0.25, -0.2) is 4.79 Å². The SMILES string of the molecule is COC(=O)CNC(=O)COC(=O)/C=C/c1ccc(SC)cc1. The zero-order valence-electron chi connectivity index (χ0n) is 12.3. The van der Waals surface area contributed by atoms with Crippen molar-refractivity contribution in [2.24, 2.45) is 0 Å². The van der Waals surface area contributed by atoms with Gasteiger partial charge in [-0.1, -0.05) is 12.1 Å². The van der Waals surface area contributed by atoms with E-state index in [0.29, 0.717) is 0 Å². The Morgan fingerprint density at radius 2 is 1.91 bits per heavy atom. The molecule has 0 radical (unpaired) electrons. The average molecular weight is 323 g/mol. The number of methoxy groups -OCH3 is 1. The molecule has 1 aromatic carbocycles. The second-order valence-electron chi connectivity index (χ2n) is 4.07. The molecule has 0 spiro atoms. The molecule has 22 heavy (non-hydrogen) atoms. The number of carbonyl (C=O) groups is 3. The summed E-state index contributed by atoms with van der Waals surface area (Å²) in [4.78, 5) is 34.7. The Bertz CT molecular complexity index is 554. The molecule has 1 aromatic rings. The predicted molar refractivity (Wildman–Crippen MR) is 83.2 cm³/mol. The minimum Gasteiger partial charge on any atom is -0.468 e. The van der Waals surface area contributed by atoms with Crippen LogP contribution in [0.1, 0.15) is 5.56 Å². The van der Waals surface area contributed by atoms with Crippen LogP contribution < -0.4 is 5.32 Å². The standard InChI is InChI=1S/C15H17NO5S/c1-20-15(19)9-16-13(17)10-21-14(18)8-5-11-3-6-12(22-2)7-4-11/h3-8H,9-10H2,1-2H3,(H,16,17)/b8-5+. The summed E-state index contributed by atoms with van der Waals surface area (Å²) in [6.45, 7) is -0.712. The first-order valence-electron chi connectivity index (χ1n) is 6.37. The second kappa shape index (κ2) is 9.62. The molecule has 0 aliphatic rings. The van der Waals surface area contributed by atoms with E-state index in [-0.39, 0.29) is 6.54 Å². The normalized spacial score (nSPS) is 10.3. The van der Waals surface area contributed by atoms with Crippen molar-refractivity contribution in [2.45, 2.75) is 4.90 Å². The van der Waals surface area contributed by atoms with Gasteiger partial charge in [0.25, 0.3) is 5.91 Å². The maximum absolute atomic E-state index is 11.5. The second-order valence-corrected chi connectivity index (χ2v) is 4.95. The van der Waals surface area contributed by atoms with E-state index in [1.54, 1.807) is 17.8 Å². The number of hydrogen-bond acceptors (Lipinski definition) is 6. The van der Waals surface area contributed by atoms with Crippen LogP contribution in [0.25, 0.3) is 6.08 Å². The summed E-state index contributed by atoms with van der Waals surface area (Å²) >= 11 is 1.63. The number of hydrogen-bond donors (Lipinski definition) is 1. The molecule has 1 amide bonds. The van der Waals surface area contributed by atoms with Crippen molar-refractivity contribution in [3.63, 3.8) is 0 Å². The van der Waals surface area contributed by atoms with Crippen molar-refractivity contribution in [3.05, 3.63) is 35.9 Å². The number of nitrogens with one attached hydrogen (secondary N) is 1. The first-order chi connectivity index (χ1) is 10.5. The van der Waals surface area contributed by atoms with Gasteiger partial charge in [0.1, 0.15) is 6.54 Å². The number of rotatable bonds is 7. The highest BCUT2D eigenvalue weighted by Gasteiger charge is 2.07. The van der Waals surface area contributed by atoms with Crippen LogP contribution in [0.3, 0.4) is 0 Å². The average Bonchev–Trinajstić information content (AvgIpc) is 2.56. The third-order valence-corrected chi connectivity index (χ3v) is 3.27. The van der Waals surface area contributed by atoms with Gasteiger partial charge in [0.2, 0.25) is 0 Å². The molecule has 0 heterocycles. The van der Waals surface area contributed by atoms with Gasteiger partial charge in [-0.2, -0.15) is 0 Å². The fraction of sp³-hybridized carbons (Fsp3) is 0.267. The Labute approximate surface area is 132 Å². The smallest absolute Gasteiger partial charge is 0.331 e. The van der Waals surface area contributed by atoms with Crippen molar-refractivity contribution < 1.29 is 23.9 Å². The van der Waals surface area contributed by atoms with Crippen LogP contribution in [-0.4, -0.2) is 44.4 Å². The summed E-state index contributed by atoms with van der Waals surface area (Å²) in [6.07, 6.45) is 4.81. The molecule has 0 aromatic heterocycles. The number of benzene rings is 1. The molecule has 6 nitrogen and oxygen atoms in total. The lowest BCUT2D eigenvalue weighted by Crippen LogP contribution is -2.33. The van der Waals surface area contributed by atoms with Gasteiger partial charge in [-0.15, -0.1) is 11.8 Å². The fourth-order valence-electron chi connectivity index (χ4n) is 1.36. The minimum absolute atomic E-state index is 0.259. The number of carbonyl (C=O) groups excluding carboxylic acids is 3. The Balaban J connectivity index is 2.34. The Morgan fingerprint density at radius 3 is 2.50 bits per heavy atom. The van der Waals surface area contributed by atoms with Crippen LogP contribution in [0.5, 0.6) is 0 Å². The zero-order valence-corrected chi connectivity index (χ0v) is 13.1. The van der Waals surface area contributed by atoms with E-state index in [2.05, 4.69) is 10.1 Å². The molecule has 0 atom stereocenters. The minimum atomic E-state index is -0.637. The first-order valence-corrected chi connectivity index (χ1v) is 7.60. The van der Waals surface area contributed by atoms with Crippen LogP contribution in [0.15, 0.2) is 35.2 Å². The van der Waals surface area contributed by atoms with Crippen molar-refractivity contribution in [3.8, 4) is 0 Å². The highest BCUT2D eigenvalue weighted by Crippen LogP contribution is 2.15. The van der Waals surface area contributed by atoms with Crippen LogP contribution in [-0.2, 0) is 23.9 Å². The maximum Gasteiger partial charge on any atom is 0.331 e. The van der Waals surface area contributed by atoms with Crippen LogP contribution in [0.2, 0.25) is 0 Å². The van der Waals surface area contributed by atoms with Gasteiger partial charge >= 0.3 is 11.9 Å². The van der Waals surface area contributed by atoms with Gasteiger partial charge in [-0.3, -0.25) is 9.59 Å². The first kappa shape index (κ1) is 17.8. The van der Waals surface area contributed by atoms with Crippen molar-refractivity contribution >= 4 is 35.7 Å². The third-order valence-electron chi connectivity index (χ3n) is 2.53. The number of thioether (sulfide) groups is 1. The summed E-state index contributed by atoms with van der Waals surface area (Å²) in [6, 6.07) is 7.63. The molecule has 0 unspecified atom stereocenters. The fourth-order valence-corrected chi connectivity index (χ4v) is 1.77. The summed E-state index contributed by atoms with van der Waals surface area (Å²) in [5.41, 5.74) is 0.852. The van der Waals surface area contributed by atoms with Gasteiger partial charge in [0.05, 0.1) is 7.11 Å². The topological polar surface area (TPSA) is 81.7 Å². The van der Waals surface area contributed by atoms with Crippen molar-refractivity contribution in [1.82, 2.24) is 5.32 Å². The molecule has 0 bridgehead atoms. The van der Waals surface area contributed by atoms with Gasteiger partial charge < -0.3 is 14.8 Å². The highest BCUT2D eigenvalue weighted by molar-refractivity contribution is 7.98. The molecule has 118 valence electrons. The number of esters is 2. The molecular weight excluding hydrogens is 306 g/mol. The largest absolute Gasteiger partial charge is 0.468 e. The Hall–Kier alpha value is -2.28. The summed E-state index contributed by atoms with van der Waals surface area (Å²) in [5, 5.41) is 2.26. The Morgan fingerprint density at radius 1 is 1.23 bits per heavy atom. The Kier molecular flexibility index (Phi) is 7.77. The van der Waals surface area contributed by atoms with Gasteiger partial charge in [0.15, 0.2) is 6.61 Å². The number of amides is 1. The van der Waals surface area contributed by atoms with E-state index in [0.717, 1.165) is 10.5 Å². The van der Waals surface area contributed by atoms with Crippen molar-refractivity contribution in [2.75, 3.05) is 26.5 Å². The van der Waals surface area contributed by atoms with Crippen LogP contribution >= 0.6 is 11.8 Å². The third kappa shape index (κ3) is 6.94. The molecule has 1 rings (SSSR count). The molecule has 0 saturated carbocycles. The lowest BCUT2D eigenvalue weighted by molar-refractivity contribution is -0.145. The van der Waals surface area contributed by atoms with E-state index >= 15 is 0 Å². The van der Waals surface area contributed by atoms with E-state index in [4.69, 9.17) is 4.74 Å². The lowest BCUT2D eigenvalue weighted by atomic mass is 10.2. The molecule has 0 aliphatic heterocycles. The van der Waals surface area contributed by atoms with Crippen molar-refractivity contribution in [1.29, 1.82) is 0 Å². The predicted octanol–water partition coefficient (Wildman–Crippen LogP) is 1.25. The molecule has 0 saturated heterocycles. The quantitative estimate of drug-likeness (QED) is 0.462. The number of ether oxygens (including phenoxy) is 2. The van der Waals surface area contributed by atoms with Crippen LogP contribution in [0, 0.1) is 0 Å². The molecule has 7 heteroatoms. The lowest BCUT2D eigenvalue weighted by Gasteiger charge is -2.03. The summed E-state index contributed by atoms with van der Waals surface area (Å²) in [7, 11) is 1.21. The maximum atomic E-state index is 11.5. The molecular formula is C15H17NO5S. The molecule has 1 N–H and O–H groups in total. The summed E-state index contributed by atoms with van der Waals surface area (Å²) in [5.74, 6) is -1.79. The summed E-state index contributed by atoms with van der Waals surface area (Å²) < 4.78 is 9.10. The van der Waals surface area contributed by atoms with E-state index < -0.39 is 24.5 Å². The highest BCUT2D eigenvalue weighted by atomic mass is 32.2. The van der Waals surface area contributed by atoms with Gasteiger partial charge in [0, 0.05) is 11.0 Å². The van der Waals surface area contributed by atoms with E-state index in [9.17, 15) is 14.4 Å². The van der Waals surface area contributed by atoms with E-state index in [1.165, 1.54) is 13.2 Å². The monoisotopic (exact) mass is 323 g/mol. The molecule has 0 fully saturated rings. The van der Waals surface area contributed by atoms with Gasteiger partial charge in [-0.05, 0) is 30.0 Å². The molecule has 0 aliphatic carbocycles. The van der Waals surface area contributed by atoms with Crippen LogP contribution in [0.4, 0.5) is 0 Å².